The molecule has 34 heavy (non-hydrogen) atoms. The molecule has 4 heteroatoms. The van der Waals surface area contributed by atoms with E-state index in [9.17, 15) is 4.79 Å². The second kappa shape index (κ2) is 9.45. The highest BCUT2D eigenvalue weighted by Gasteiger charge is 2.41. The zero-order valence-electron chi connectivity index (χ0n) is 20.8. The first-order chi connectivity index (χ1) is 16.2. The van der Waals surface area contributed by atoms with Gasteiger partial charge in [-0.05, 0) is 34.8 Å². The highest BCUT2D eigenvalue weighted by atomic mass is 35.5. The van der Waals surface area contributed by atoms with Crippen molar-refractivity contribution in [3.8, 4) is 22.7 Å². The fourth-order valence-corrected chi connectivity index (χ4v) is 11.1. The smallest absolute Gasteiger partial charge is 0.255 e. The van der Waals surface area contributed by atoms with Crippen LogP contribution in [-0.4, -0.2) is 12.5 Å². The lowest BCUT2D eigenvalue weighted by Crippen LogP contribution is -2.43. The number of benzene rings is 2. The van der Waals surface area contributed by atoms with Crippen LogP contribution in [0.4, 0.5) is 0 Å². The molecule has 0 amide bonds. The topological polar surface area (TPSA) is 21.5 Å². The molecule has 0 saturated carbocycles. The van der Waals surface area contributed by atoms with Crippen LogP contribution >= 0.6 is 11.6 Å². The normalized spacial score (nSPS) is 12.1. The van der Waals surface area contributed by atoms with Crippen molar-refractivity contribution in [3.63, 3.8) is 0 Å². The molecule has 0 unspecified atom stereocenters. The summed E-state index contributed by atoms with van der Waals surface area (Å²) in [7, 11) is -1.99. The minimum absolute atomic E-state index is 0.0682. The molecular formula is C30H32ClNOSi. The van der Waals surface area contributed by atoms with E-state index in [2.05, 4.69) is 65.1 Å². The predicted octanol–water partition coefficient (Wildman–Crippen LogP) is 8.34. The van der Waals surface area contributed by atoms with E-state index >= 15 is 0 Å². The molecule has 0 atom stereocenters. The lowest BCUT2D eigenvalue weighted by Gasteiger charge is -2.38. The van der Waals surface area contributed by atoms with Crippen molar-refractivity contribution < 1.29 is 0 Å². The maximum atomic E-state index is 13.3. The molecule has 2 aromatic carbocycles. The summed E-state index contributed by atoms with van der Waals surface area (Å²) in [6.45, 7) is 13.9. The standard InChI is InChI=1S/C30H32ClNOSi/c1-20(2)34(21(3)4,22(5)6)18-17-27-25-13-7-8-14-26(25)28-15-10-16-29(33)32(28)30(27)23-11-9-12-24(31)19-23/h7-16,19-22H,1-6H3. The average molecular weight is 486 g/mol. The Balaban J connectivity index is 2.22. The summed E-state index contributed by atoms with van der Waals surface area (Å²) in [4.78, 5) is 13.3. The fourth-order valence-electron chi connectivity index (χ4n) is 5.73. The number of aromatic nitrogens is 1. The molecule has 0 bridgehead atoms. The van der Waals surface area contributed by atoms with Gasteiger partial charge in [0.1, 0.15) is 8.07 Å². The predicted molar refractivity (Wildman–Crippen MR) is 150 cm³/mol. The number of hydrogen-bond donors (Lipinski definition) is 0. The summed E-state index contributed by atoms with van der Waals surface area (Å²) in [6.07, 6.45) is 0. The van der Waals surface area contributed by atoms with Crippen molar-refractivity contribution in [2.45, 2.75) is 58.2 Å². The molecule has 0 aliphatic carbocycles. The molecule has 4 rings (SSSR count). The van der Waals surface area contributed by atoms with Gasteiger partial charge in [-0.15, -0.1) is 5.54 Å². The third-order valence-electron chi connectivity index (χ3n) is 7.26. The van der Waals surface area contributed by atoms with Gasteiger partial charge in [-0.1, -0.05) is 102 Å². The van der Waals surface area contributed by atoms with Crippen LogP contribution in [0.1, 0.15) is 47.1 Å². The fraction of sp³-hybridized carbons (Fsp3) is 0.300. The highest BCUT2D eigenvalue weighted by Crippen LogP contribution is 2.41. The van der Waals surface area contributed by atoms with Crippen LogP contribution in [0.15, 0.2) is 71.5 Å². The maximum Gasteiger partial charge on any atom is 0.255 e. The quantitative estimate of drug-likeness (QED) is 0.162. The summed E-state index contributed by atoms with van der Waals surface area (Å²) < 4.78 is 1.81. The van der Waals surface area contributed by atoms with Crippen LogP contribution in [-0.2, 0) is 0 Å². The molecule has 4 aromatic rings. The molecule has 2 nitrogen and oxygen atoms in total. The molecular weight excluding hydrogens is 454 g/mol. The van der Waals surface area contributed by atoms with Gasteiger partial charge in [-0.3, -0.25) is 9.20 Å². The molecule has 0 aliphatic rings. The second-order valence-electron chi connectivity index (χ2n) is 10.0. The summed E-state index contributed by atoms with van der Waals surface area (Å²) in [6, 6.07) is 21.4. The molecule has 0 aliphatic heterocycles. The van der Waals surface area contributed by atoms with E-state index in [1.165, 1.54) is 0 Å². The largest absolute Gasteiger partial charge is 0.275 e. The summed E-state index contributed by atoms with van der Waals surface area (Å²) >= 11 is 6.41. The lowest BCUT2D eigenvalue weighted by molar-refractivity contribution is 0.838. The van der Waals surface area contributed by atoms with Crippen LogP contribution in [0.2, 0.25) is 21.6 Å². The van der Waals surface area contributed by atoms with Crippen LogP contribution in [0.3, 0.4) is 0 Å². The van der Waals surface area contributed by atoms with Crippen LogP contribution in [0, 0.1) is 11.5 Å². The van der Waals surface area contributed by atoms with Gasteiger partial charge < -0.3 is 0 Å². The summed E-state index contributed by atoms with van der Waals surface area (Å²) in [5, 5.41) is 2.73. The minimum Gasteiger partial charge on any atom is -0.275 e. The van der Waals surface area contributed by atoms with Gasteiger partial charge in [0.25, 0.3) is 5.56 Å². The van der Waals surface area contributed by atoms with E-state index < -0.39 is 8.07 Å². The Morgan fingerprint density at radius 2 is 1.41 bits per heavy atom. The average Bonchev–Trinajstić information content (AvgIpc) is 2.79. The highest BCUT2D eigenvalue weighted by molar-refractivity contribution is 6.90. The molecule has 0 spiro atoms. The van der Waals surface area contributed by atoms with Gasteiger partial charge in [0.05, 0.1) is 16.8 Å². The van der Waals surface area contributed by atoms with E-state index in [0.29, 0.717) is 21.6 Å². The Kier molecular flexibility index (Phi) is 6.76. The van der Waals surface area contributed by atoms with E-state index in [1.54, 1.807) is 10.5 Å². The van der Waals surface area contributed by atoms with Crippen molar-refractivity contribution in [1.29, 1.82) is 0 Å². The zero-order chi connectivity index (χ0) is 24.6. The van der Waals surface area contributed by atoms with Crippen molar-refractivity contribution >= 4 is 36.0 Å². The Morgan fingerprint density at radius 1 is 0.794 bits per heavy atom. The summed E-state index contributed by atoms with van der Waals surface area (Å²) in [5.74, 6) is 3.69. The number of fused-ring (bicyclic) bond motifs is 3. The first-order valence-electron chi connectivity index (χ1n) is 12.0. The van der Waals surface area contributed by atoms with E-state index in [0.717, 1.165) is 33.1 Å². The Labute approximate surface area is 208 Å². The molecule has 174 valence electrons. The van der Waals surface area contributed by atoms with Gasteiger partial charge >= 0.3 is 0 Å². The molecule has 0 N–H and O–H groups in total. The van der Waals surface area contributed by atoms with Crippen LogP contribution in [0.5, 0.6) is 0 Å². The van der Waals surface area contributed by atoms with Gasteiger partial charge in [0, 0.05) is 27.4 Å². The number of halogens is 1. The lowest BCUT2D eigenvalue weighted by atomic mass is 9.98. The third-order valence-corrected chi connectivity index (χ3v) is 13.8. The minimum atomic E-state index is -1.99. The number of hydrogen-bond acceptors (Lipinski definition) is 1. The number of rotatable bonds is 4. The summed E-state index contributed by atoms with van der Waals surface area (Å²) in [5.41, 5.74) is 8.86. The van der Waals surface area contributed by atoms with E-state index in [4.69, 9.17) is 11.6 Å². The first-order valence-corrected chi connectivity index (χ1v) is 14.6. The van der Waals surface area contributed by atoms with Gasteiger partial charge in [-0.2, -0.15) is 0 Å². The van der Waals surface area contributed by atoms with Gasteiger partial charge in [-0.25, -0.2) is 0 Å². The zero-order valence-corrected chi connectivity index (χ0v) is 22.6. The molecule has 2 heterocycles. The van der Waals surface area contributed by atoms with Crippen molar-refractivity contribution in [1.82, 2.24) is 4.40 Å². The molecule has 0 saturated heterocycles. The van der Waals surface area contributed by atoms with Crippen LogP contribution in [0.25, 0.3) is 27.5 Å². The number of nitrogens with zero attached hydrogens (tertiary/aromatic N) is 1. The van der Waals surface area contributed by atoms with Gasteiger partial charge in [0.2, 0.25) is 0 Å². The Morgan fingerprint density at radius 3 is 2.03 bits per heavy atom. The van der Waals surface area contributed by atoms with Crippen molar-refractivity contribution in [2.24, 2.45) is 0 Å². The molecule has 2 aromatic heterocycles. The molecule has 0 radical (unpaired) electrons. The van der Waals surface area contributed by atoms with Crippen LogP contribution < -0.4 is 5.56 Å². The van der Waals surface area contributed by atoms with E-state index in [-0.39, 0.29) is 5.56 Å². The first kappa shape index (κ1) is 24.3. The number of pyridine rings is 2. The van der Waals surface area contributed by atoms with E-state index in [1.807, 2.05) is 48.5 Å². The maximum absolute atomic E-state index is 13.3. The SMILES string of the molecule is CC(C)[Si](C#Cc1c(-c2cccc(Cl)c2)n2c(=O)cccc2c2ccccc12)(C(C)C)C(C)C. The molecule has 0 fully saturated rings. The Hall–Kier alpha value is -2.80. The van der Waals surface area contributed by atoms with Crippen molar-refractivity contribution in [2.75, 3.05) is 0 Å². The van der Waals surface area contributed by atoms with Crippen molar-refractivity contribution in [3.05, 3.63) is 87.7 Å². The monoisotopic (exact) mass is 485 g/mol. The third kappa shape index (κ3) is 4.00. The second-order valence-corrected chi connectivity index (χ2v) is 16.0. The Bertz CT molecular complexity index is 1470. The van der Waals surface area contributed by atoms with Gasteiger partial charge in [0.15, 0.2) is 0 Å².